The van der Waals surface area contributed by atoms with E-state index in [4.69, 9.17) is 5.26 Å². The largest absolute Gasteiger partial charge is 0.280 e. The third-order valence-electron chi connectivity index (χ3n) is 1.27. The van der Waals surface area contributed by atoms with Crippen LogP contribution >= 0.6 is 0 Å². The number of nitrogens with one attached hydrogen (secondary N) is 1. The third kappa shape index (κ3) is 3.17. The van der Waals surface area contributed by atoms with E-state index in [0.29, 0.717) is 13.1 Å². The monoisotopic (exact) mass is 191 g/mol. The van der Waals surface area contributed by atoms with Crippen molar-refractivity contribution in [2.24, 2.45) is 0 Å². The summed E-state index contributed by atoms with van der Waals surface area (Å²) in [4.78, 5) is 0. The minimum absolute atomic E-state index is 0.105. The lowest BCUT2D eigenvalue weighted by Crippen LogP contribution is -2.40. The summed E-state index contributed by atoms with van der Waals surface area (Å²) in [5, 5.41) is 8.32. The molecule has 0 fully saturated rings. The first-order valence-electron chi connectivity index (χ1n) is 3.70. The average molecular weight is 191 g/mol. The van der Waals surface area contributed by atoms with Crippen LogP contribution < -0.4 is 4.72 Å². The molecule has 0 saturated heterocycles. The Kier molecular flexibility index (Phi) is 4.81. The standard InChI is InChI=1S/C6H13N3O2S/c1-3-8-12(10,11)9(4-2)6-5-7/h8H,3-4,6H2,1-2H3. The van der Waals surface area contributed by atoms with Crippen LogP contribution in [0.3, 0.4) is 0 Å². The van der Waals surface area contributed by atoms with E-state index in [1.165, 1.54) is 0 Å². The summed E-state index contributed by atoms with van der Waals surface area (Å²) >= 11 is 0. The molecule has 0 unspecified atom stereocenters. The second kappa shape index (κ2) is 5.09. The van der Waals surface area contributed by atoms with Gasteiger partial charge in [-0.1, -0.05) is 13.8 Å². The average Bonchev–Trinajstić information content (AvgIpc) is 1.99. The smallest absolute Gasteiger partial charge is 0.202 e. The first kappa shape index (κ1) is 11.4. The SMILES string of the molecule is CCNS(=O)(=O)N(CC)CC#N. The zero-order chi connectivity index (χ0) is 9.61. The van der Waals surface area contributed by atoms with E-state index in [-0.39, 0.29) is 6.54 Å². The first-order chi connectivity index (χ1) is 5.58. The summed E-state index contributed by atoms with van der Waals surface area (Å²) in [6.07, 6.45) is 0. The van der Waals surface area contributed by atoms with Gasteiger partial charge in [-0.15, -0.1) is 0 Å². The van der Waals surface area contributed by atoms with Crippen molar-refractivity contribution in [3.8, 4) is 6.07 Å². The van der Waals surface area contributed by atoms with E-state index >= 15 is 0 Å². The molecule has 0 radical (unpaired) electrons. The van der Waals surface area contributed by atoms with Gasteiger partial charge in [0.2, 0.25) is 0 Å². The number of hydrogen-bond acceptors (Lipinski definition) is 3. The number of rotatable bonds is 5. The maximum atomic E-state index is 11.2. The van der Waals surface area contributed by atoms with Gasteiger partial charge in [0.15, 0.2) is 0 Å². The molecule has 0 aromatic heterocycles. The molecular formula is C6H13N3O2S. The maximum Gasteiger partial charge on any atom is 0.280 e. The van der Waals surface area contributed by atoms with Crippen LogP contribution in [0.25, 0.3) is 0 Å². The molecule has 1 N–H and O–H groups in total. The fourth-order valence-electron chi connectivity index (χ4n) is 0.719. The first-order valence-corrected chi connectivity index (χ1v) is 5.14. The summed E-state index contributed by atoms with van der Waals surface area (Å²) in [7, 11) is -3.42. The Morgan fingerprint density at radius 1 is 1.50 bits per heavy atom. The molecule has 0 heterocycles. The fraction of sp³-hybridized carbons (Fsp3) is 0.833. The summed E-state index contributed by atoms with van der Waals surface area (Å²) in [6.45, 7) is 3.92. The second-order valence-electron chi connectivity index (χ2n) is 2.09. The highest BCUT2D eigenvalue weighted by atomic mass is 32.2. The van der Waals surface area contributed by atoms with Crippen LogP contribution in [-0.4, -0.2) is 32.4 Å². The lowest BCUT2D eigenvalue weighted by Gasteiger charge is -2.16. The van der Waals surface area contributed by atoms with Crippen LogP contribution in [0.2, 0.25) is 0 Å². The van der Waals surface area contributed by atoms with Crippen molar-refractivity contribution in [3.05, 3.63) is 0 Å². The van der Waals surface area contributed by atoms with Crippen LogP contribution in [0.5, 0.6) is 0 Å². The zero-order valence-electron chi connectivity index (χ0n) is 7.24. The van der Waals surface area contributed by atoms with Crippen LogP contribution in [0.4, 0.5) is 0 Å². The summed E-state index contributed by atoms with van der Waals surface area (Å²) < 4.78 is 25.8. The molecule has 6 heteroatoms. The van der Waals surface area contributed by atoms with Gasteiger partial charge in [-0.25, -0.2) is 4.72 Å². The Labute approximate surface area is 73.2 Å². The van der Waals surface area contributed by atoms with E-state index in [2.05, 4.69) is 4.72 Å². The van der Waals surface area contributed by atoms with E-state index in [1.807, 2.05) is 0 Å². The Bertz CT molecular complexity index is 254. The molecule has 0 bridgehead atoms. The van der Waals surface area contributed by atoms with Crippen molar-refractivity contribution in [1.29, 1.82) is 5.26 Å². The Balaban J connectivity index is 4.40. The molecule has 0 atom stereocenters. The van der Waals surface area contributed by atoms with Gasteiger partial charge in [-0.3, -0.25) is 0 Å². The van der Waals surface area contributed by atoms with Crippen LogP contribution in [0.15, 0.2) is 0 Å². The fourth-order valence-corrected chi connectivity index (χ4v) is 1.83. The van der Waals surface area contributed by atoms with E-state index < -0.39 is 10.2 Å². The predicted molar refractivity (Wildman–Crippen MR) is 45.5 cm³/mol. The molecule has 0 aliphatic carbocycles. The van der Waals surface area contributed by atoms with E-state index in [1.54, 1.807) is 19.9 Å². The van der Waals surface area contributed by atoms with E-state index in [0.717, 1.165) is 4.31 Å². The molecule has 0 rings (SSSR count). The lowest BCUT2D eigenvalue weighted by atomic mass is 10.6. The van der Waals surface area contributed by atoms with Crippen LogP contribution in [0, 0.1) is 11.3 Å². The summed E-state index contributed by atoms with van der Waals surface area (Å²) in [5.74, 6) is 0. The molecular weight excluding hydrogens is 178 g/mol. The van der Waals surface area contributed by atoms with Gasteiger partial charge < -0.3 is 0 Å². The Hall–Kier alpha value is -0.640. The van der Waals surface area contributed by atoms with Gasteiger partial charge in [-0.05, 0) is 0 Å². The Morgan fingerprint density at radius 2 is 2.08 bits per heavy atom. The van der Waals surface area contributed by atoms with E-state index in [9.17, 15) is 8.42 Å². The molecule has 0 aliphatic rings. The quantitative estimate of drug-likeness (QED) is 0.606. The van der Waals surface area contributed by atoms with Crippen molar-refractivity contribution < 1.29 is 8.42 Å². The molecule has 5 nitrogen and oxygen atoms in total. The van der Waals surface area contributed by atoms with Gasteiger partial charge in [0.05, 0.1) is 6.07 Å². The molecule has 0 aliphatic heterocycles. The minimum atomic E-state index is -3.42. The highest BCUT2D eigenvalue weighted by Crippen LogP contribution is 1.95. The molecule has 0 saturated carbocycles. The predicted octanol–water partition coefficient (Wildman–Crippen LogP) is -0.314. The highest BCUT2D eigenvalue weighted by molar-refractivity contribution is 7.87. The summed E-state index contributed by atoms with van der Waals surface area (Å²) in [6, 6.07) is 1.79. The molecule has 0 amide bonds. The summed E-state index contributed by atoms with van der Waals surface area (Å²) in [5.41, 5.74) is 0. The molecule has 12 heavy (non-hydrogen) atoms. The highest BCUT2D eigenvalue weighted by Gasteiger charge is 2.17. The number of nitrogens with zero attached hydrogens (tertiary/aromatic N) is 2. The normalized spacial score (nSPS) is 11.5. The van der Waals surface area contributed by atoms with Crippen molar-refractivity contribution in [3.63, 3.8) is 0 Å². The van der Waals surface area contributed by atoms with Crippen molar-refractivity contribution in [1.82, 2.24) is 9.03 Å². The molecule has 70 valence electrons. The van der Waals surface area contributed by atoms with Crippen molar-refractivity contribution in [2.75, 3.05) is 19.6 Å². The van der Waals surface area contributed by atoms with Gasteiger partial charge in [0.25, 0.3) is 10.2 Å². The zero-order valence-corrected chi connectivity index (χ0v) is 8.06. The van der Waals surface area contributed by atoms with Gasteiger partial charge >= 0.3 is 0 Å². The molecule has 0 aromatic carbocycles. The lowest BCUT2D eigenvalue weighted by molar-refractivity contribution is 0.452. The third-order valence-corrected chi connectivity index (χ3v) is 2.99. The maximum absolute atomic E-state index is 11.2. The number of nitriles is 1. The minimum Gasteiger partial charge on any atom is -0.202 e. The number of hydrogen-bond donors (Lipinski definition) is 1. The Morgan fingerprint density at radius 3 is 2.42 bits per heavy atom. The molecule has 0 spiro atoms. The topological polar surface area (TPSA) is 73.2 Å². The second-order valence-corrected chi connectivity index (χ2v) is 3.84. The van der Waals surface area contributed by atoms with Crippen molar-refractivity contribution in [2.45, 2.75) is 13.8 Å². The van der Waals surface area contributed by atoms with Crippen LogP contribution in [0.1, 0.15) is 13.8 Å². The molecule has 0 aromatic rings. The van der Waals surface area contributed by atoms with Gasteiger partial charge in [-0.2, -0.15) is 18.0 Å². The van der Waals surface area contributed by atoms with Gasteiger partial charge in [0, 0.05) is 13.1 Å². The van der Waals surface area contributed by atoms with Crippen molar-refractivity contribution >= 4 is 10.2 Å². The van der Waals surface area contributed by atoms with Crippen LogP contribution in [-0.2, 0) is 10.2 Å². The van der Waals surface area contributed by atoms with Gasteiger partial charge in [0.1, 0.15) is 6.54 Å².